The maximum Gasteiger partial charge on any atom is 0.243 e. The SMILES string of the molecule is CSCCC(NC(=O)C1CCN(S(=O)(=O)c2ccc(C)cc2)CC1)c1nnc2ccccn12. The summed E-state index contributed by atoms with van der Waals surface area (Å²) in [7, 11) is -3.55. The van der Waals surface area contributed by atoms with Crippen molar-refractivity contribution in [3.8, 4) is 0 Å². The first-order valence-corrected chi connectivity index (χ1v) is 13.9. The number of nitrogens with one attached hydrogen (secondary N) is 1. The zero-order valence-corrected chi connectivity index (χ0v) is 20.5. The van der Waals surface area contributed by atoms with Crippen LogP contribution in [0.5, 0.6) is 0 Å². The van der Waals surface area contributed by atoms with E-state index < -0.39 is 10.0 Å². The molecule has 1 aromatic carbocycles. The highest BCUT2D eigenvalue weighted by molar-refractivity contribution is 7.98. The molecule has 2 aromatic heterocycles. The number of hydrogen-bond acceptors (Lipinski definition) is 6. The fourth-order valence-electron chi connectivity index (χ4n) is 4.11. The number of carbonyl (C=O) groups excluding carboxylic acids is 1. The van der Waals surface area contributed by atoms with E-state index in [0.29, 0.717) is 36.7 Å². The van der Waals surface area contributed by atoms with Crippen LogP contribution >= 0.6 is 11.8 Å². The molecular weight excluding hydrogens is 458 g/mol. The number of amides is 1. The van der Waals surface area contributed by atoms with Gasteiger partial charge in [-0.25, -0.2) is 8.42 Å². The van der Waals surface area contributed by atoms with E-state index in [1.54, 1.807) is 36.0 Å². The third kappa shape index (κ3) is 5.23. The van der Waals surface area contributed by atoms with Gasteiger partial charge >= 0.3 is 0 Å². The van der Waals surface area contributed by atoms with Crippen LogP contribution < -0.4 is 5.32 Å². The number of pyridine rings is 1. The van der Waals surface area contributed by atoms with Gasteiger partial charge in [-0.05, 0) is 62.5 Å². The first-order valence-electron chi connectivity index (χ1n) is 11.1. The van der Waals surface area contributed by atoms with Gasteiger partial charge in [-0.1, -0.05) is 23.8 Å². The molecule has 10 heteroatoms. The number of hydrogen-bond donors (Lipinski definition) is 1. The van der Waals surface area contributed by atoms with Crippen LogP contribution in [0.15, 0.2) is 53.6 Å². The molecule has 1 fully saturated rings. The zero-order valence-electron chi connectivity index (χ0n) is 18.8. The number of fused-ring (bicyclic) bond motifs is 1. The molecule has 0 radical (unpaired) electrons. The van der Waals surface area contributed by atoms with Gasteiger partial charge in [0.15, 0.2) is 11.5 Å². The first-order chi connectivity index (χ1) is 15.9. The highest BCUT2D eigenvalue weighted by atomic mass is 32.2. The number of aromatic nitrogens is 3. The topological polar surface area (TPSA) is 96.7 Å². The van der Waals surface area contributed by atoms with E-state index in [1.165, 1.54) is 4.31 Å². The minimum Gasteiger partial charge on any atom is -0.346 e. The quantitative estimate of drug-likeness (QED) is 0.525. The van der Waals surface area contributed by atoms with Gasteiger partial charge in [-0.15, -0.1) is 10.2 Å². The average molecular weight is 488 g/mol. The van der Waals surface area contributed by atoms with Gasteiger partial charge in [0.05, 0.1) is 10.9 Å². The third-order valence-corrected chi connectivity index (χ3v) is 8.62. The van der Waals surface area contributed by atoms with E-state index in [4.69, 9.17) is 0 Å². The molecule has 0 aliphatic carbocycles. The first kappa shape index (κ1) is 23.7. The normalized spacial score (nSPS) is 16.7. The van der Waals surface area contributed by atoms with Crippen LogP contribution in [-0.2, 0) is 14.8 Å². The van der Waals surface area contributed by atoms with Crippen LogP contribution in [0.4, 0.5) is 0 Å². The molecule has 1 aliphatic rings. The van der Waals surface area contributed by atoms with Crippen LogP contribution in [0.2, 0.25) is 0 Å². The van der Waals surface area contributed by atoms with Gasteiger partial charge in [-0.3, -0.25) is 9.20 Å². The lowest BCUT2D eigenvalue weighted by atomic mass is 9.96. The van der Waals surface area contributed by atoms with Crippen LogP contribution in [-0.4, -0.2) is 58.3 Å². The maximum absolute atomic E-state index is 13.1. The van der Waals surface area contributed by atoms with E-state index in [1.807, 2.05) is 42.0 Å². The fourth-order valence-corrected chi connectivity index (χ4v) is 6.05. The van der Waals surface area contributed by atoms with E-state index in [9.17, 15) is 13.2 Å². The van der Waals surface area contributed by atoms with Crippen LogP contribution in [0.3, 0.4) is 0 Å². The molecule has 3 heterocycles. The summed E-state index contributed by atoms with van der Waals surface area (Å²) in [5.74, 6) is 1.30. The summed E-state index contributed by atoms with van der Waals surface area (Å²) in [6.45, 7) is 2.59. The number of nitrogens with zero attached hydrogens (tertiary/aromatic N) is 4. The van der Waals surface area contributed by atoms with Crippen LogP contribution in [0.25, 0.3) is 5.65 Å². The Morgan fingerprint density at radius 1 is 1.15 bits per heavy atom. The number of benzene rings is 1. The minimum atomic E-state index is -3.55. The molecule has 4 rings (SSSR count). The van der Waals surface area contributed by atoms with Crippen molar-refractivity contribution in [3.05, 3.63) is 60.0 Å². The summed E-state index contributed by atoms with van der Waals surface area (Å²) in [6, 6.07) is 12.3. The Morgan fingerprint density at radius 3 is 2.58 bits per heavy atom. The Labute approximate surface area is 198 Å². The highest BCUT2D eigenvalue weighted by Gasteiger charge is 2.33. The van der Waals surface area contributed by atoms with Gasteiger partial charge in [0.2, 0.25) is 15.9 Å². The Hall–Kier alpha value is -2.43. The second-order valence-electron chi connectivity index (χ2n) is 8.32. The Bertz CT molecular complexity index is 1200. The second kappa shape index (κ2) is 10.2. The second-order valence-corrected chi connectivity index (χ2v) is 11.2. The number of aryl methyl sites for hydroxylation is 1. The predicted molar refractivity (Wildman–Crippen MR) is 130 cm³/mol. The van der Waals surface area contributed by atoms with E-state index in [2.05, 4.69) is 15.5 Å². The van der Waals surface area contributed by atoms with E-state index in [-0.39, 0.29) is 17.9 Å². The minimum absolute atomic E-state index is 0.0545. The number of carbonyl (C=O) groups is 1. The smallest absolute Gasteiger partial charge is 0.243 e. The average Bonchev–Trinajstić information content (AvgIpc) is 3.26. The van der Waals surface area contributed by atoms with Crippen molar-refractivity contribution >= 4 is 33.3 Å². The Morgan fingerprint density at radius 2 is 1.88 bits per heavy atom. The van der Waals surface area contributed by atoms with E-state index >= 15 is 0 Å². The van der Waals surface area contributed by atoms with Gasteiger partial charge in [0.25, 0.3) is 0 Å². The van der Waals surface area contributed by atoms with Crippen molar-refractivity contribution < 1.29 is 13.2 Å². The number of rotatable bonds is 8. The molecule has 1 aliphatic heterocycles. The van der Waals surface area contributed by atoms with Crippen molar-refractivity contribution in [2.24, 2.45) is 5.92 Å². The Balaban J connectivity index is 1.42. The van der Waals surface area contributed by atoms with Gasteiger partial charge in [-0.2, -0.15) is 16.1 Å². The molecule has 1 amide bonds. The molecule has 33 heavy (non-hydrogen) atoms. The summed E-state index contributed by atoms with van der Waals surface area (Å²) in [5.41, 5.74) is 1.76. The van der Waals surface area contributed by atoms with Crippen LogP contribution in [0.1, 0.15) is 36.7 Å². The molecule has 0 saturated carbocycles. The van der Waals surface area contributed by atoms with Crippen molar-refractivity contribution in [3.63, 3.8) is 0 Å². The monoisotopic (exact) mass is 487 g/mol. The number of sulfonamides is 1. The van der Waals surface area contributed by atoms with Gasteiger partial charge in [0, 0.05) is 25.2 Å². The molecule has 1 atom stereocenters. The summed E-state index contributed by atoms with van der Waals surface area (Å²) in [4.78, 5) is 13.4. The summed E-state index contributed by atoms with van der Waals surface area (Å²) in [6.07, 6.45) is 5.66. The fraction of sp³-hybridized carbons (Fsp3) is 0.435. The standard InChI is InChI=1S/C23H29N5O3S2/c1-17-6-8-19(9-7-17)33(30,31)27-14-10-18(11-15-27)23(29)24-20(12-16-32-2)22-26-25-21-5-3-4-13-28(21)22/h3-9,13,18,20H,10-12,14-16H2,1-2H3,(H,24,29). The molecular formula is C23H29N5O3S2. The lowest BCUT2D eigenvalue weighted by Gasteiger charge is -2.31. The number of piperidine rings is 1. The largest absolute Gasteiger partial charge is 0.346 e. The molecule has 1 N–H and O–H groups in total. The van der Waals surface area contributed by atoms with Gasteiger partial charge in [0.1, 0.15) is 0 Å². The lowest BCUT2D eigenvalue weighted by molar-refractivity contribution is -0.127. The lowest BCUT2D eigenvalue weighted by Crippen LogP contribution is -2.44. The van der Waals surface area contributed by atoms with Crippen molar-refractivity contribution in [1.29, 1.82) is 0 Å². The molecule has 1 unspecified atom stereocenters. The van der Waals surface area contributed by atoms with Crippen molar-refractivity contribution in [2.45, 2.75) is 37.1 Å². The summed E-state index contributed by atoms with van der Waals surface area (Å²) in [5, 5.41) is 11.7. The molecule has 0 bridgehead atoms. The van der Waals surface area contributed by atoms with E-state index in [0.717, 1.165) is 23.4 Å². The highest BCUT2D eigenvalue weighted by Crippen LogP contribution is 2.26. The molecule has 3 aromatic rings. The summed E-state index contributed by atoms with van der Waals surface area (Å²) >= 11 is 1.71. The molecule has 0 spiro atoms. The Kier molecular flexibility index (Phi) is 7.35. The van der Waals surface area contributed by atoms with Crippen molar-refractivity contribution in [1.82, 2.24) is 24.2 Å². The molecule has 8 nitrogen and oxygen atoms in total. The predicted octanol–water partition coefficient (Wildman–Crippen LogP) is 3.05. The van der Waals surface area contributed by atoms with Crippen molar-refractivity contribution in [2.75, 3.05) is 25.1 Å². The third-order valence-electron chi connectivity index (χ3n) is 6.06. The summed E-state index contributed by atoms with van der Waals surface area (Å²) < 4.78 is 29.3. The van der Waals surface area contributed by atoms with Crippen LogP contribution in [0, 0.1) is 12.8 Å². The maximum atomic E-state index is 13.1. The zero-order chi connectivity index (χ0) is 23.4. The molecule has 1 saturated heterocycles. The van der Waals surface area contributed by atoms with Gasteiger partial charge < -0.3 is 5.32 Å². The molecule has 176 valence electrons. The number of thioether (sulfide) groups is 1.